The highest BCUT2D eigenvalue weighted by atomic mass is 35.5. The zero-order valence-corrected chi connectivity index (χ0v) is 23.0. The Labute approximate surface area is 230 Å². The molecule has 1 saturated heterocycles. The van der Waals surface area contributed by atoms with Gasteiger partial charge in [-0.25, -0.2) is 0 Å². The van der Waals surface area contributed by atoms with Crippen LogP contribution in [0.15, 0.2) is 42.7 Å². The number of carbonyl (C=O) groups excluding carboxylic acids is 1. The van der Waals surface area contributed by atoms with Crippen molar-refractivity contribution >= 4 is 45.8 Å². The van der Waals surface area contributed by atoms with E-state index in [1.165, 1.54) is 0 Å². The summed E-state index contributed by atoms with van der Waals surface area (Å²) >= 11 is 12.6. The van der Waals surface area contributed by atoms with Crippen molar-refractivity contribution in [3.05, 3.63) is 58.3 Å². The molecular weight excluding hydrogens is 527 g/mol. The Morgan fingerprint density at radius 3 is 2.58 bits per heavy atom. The van der Waals surface area contributed by atoms with Crippen LogP contribution < -0.4 is 15.0 Å². The summed E-state index contributed by atoms with van der Waals surface area (Å²) in [7, 11) is 3.50. The van der Waals surface area contributed by atoms with E-state index in [-0.39, 0.29) is 17.6 Å². The summed E-state index contributed by atoms with van der Waals surface area (Å²) in [5, 5.41) is 21.5. The predicted molar refractivity (Wildman–Crippen MR) is 148 cm³/mol. The van der Waals surface area contributed by atoms with Crippen molar-refractivity contribution < 1.29 is 9.53 Å². The number of ether oxygens (including phenoxy) is 1. The number of nitrogens with one attached hydrogen (secondary N) is 2. The third-order valence-electron chi connectivity index (χ3n) is 6.61. The third kappa shape index (κ3) is 5.24. The molecule has 0 aliphatic carbocycles. The van der Waals surface area contributed by atoms with Gasteiger partial charge in [0.1, 0.15) is 23.2 Å². The number of aromatic nitrogens is 5. The van der Waals surface area contributed by atoms with E-state index in [0.717, 1.165) is 29.8 Å². The number of nitrogens with zero attached hydrogens (tertiary/aromatic N) is 6. The number of pyridine rings is 1. The molecule has 4 aromatic rings. The van der Waals surface area contributed by atoms with Gasteiger partial charge in [0, 0.05) is 50.5 Å². The SMILES string of the molecule is C[C@@H](Oc1ccc2[nH]nc(-c3ccc(N4CC(C)(NCC(=O)N(C)C)C4)nn3)c2c1)c1c(Cl)cncc1Cl. The fourth-order valence-corrected chi connectivity index (χ4v) is 5.14. The predicted octanol–water partition coefficient (Wildman–Crippen LogP) is 4.12. The quantitative estimate of drug-likeness (QED) is 0.334. The molecule has 1 aromatic carbocycles. The number of amides is 1. The highest BCUT2D eigenvalue weighted by Gasteiger charge is 2.39. The maximum absolute atomic E-state index is 11.9. The maximum atomic E-state index is 11.9. The minimum atomic E-state index is -0.387. The van der Waals surface area contributed by atoms with Gasteiger partial charge in [0.25, 0.3) is 0 Å². The van der Waals surface area contributed by atoms with Gasteiger partial charge in [-0.1, -0.05) is 23.2 Å². The van der Waals surface area contributed by atoms with Crippen molar-refractivity contribution in [2.24, 2.45) is 0 Å². The lowest BCUT2D eigenvalue weighted by atomic mass is 9.92. The minimum Gasteiger partial charge on any atom is -0.486 e. The second-order valence-corrected chi connectivity index (χ2v) is 10.7. The van der Waals surface area contributed by atoms with Gasteiger partial charge in [-0.05, 0) is 44.2 Å². The van der Waals surface area contributed by atoms with E-state index in [1.54, 1.807) is 31.4 Å². The Bertz CT molecular complexity index is 1450. The van der Waals surface area contributed by atoms with Crippen LogP contribution in [0.4, 0.5) is 5.82 Å². The van der Waals surface area contributed by atoms with Gasteiger partial charge in [-0.15, -0.1) is 10.2 Å². The van der Waals surface area contributed by atoms with Crippen molar-refractivity contribution in [1.82, 2.24) is 35.6 Å². The average molecular weight is 555 g/mol. The molecule has 1 amide bonds. The fraction of sp³-hybridized carbons (Fsp3) is 0.346. The molecule has 1 aliphatic heterocycles. The number of carbonyl (C=O) groups is 1. The van der Waals surface area contributed by atoms with Crippen LogP contribution in [0.3, 0.4) is 0 Å². The zero-order valence-electron chi connectivity index (χ0n) is 21.5. The summed E-state index contributed by atoms with van der Waals surface area (Å²) < 4.78 is 6.16. The van der Waals surface area contributed by atoms with Crippen LogP contribution in [0.1, 0.15) is 25.5 Å². The molecule has 198 valence electrons. The number of anilines is 1. The van der Waals surface area contributed by atoms with Crippen LogP contribution in [0.25, 0.3) is 22.3 Å². The Balaban J connectivity index is 1.29. The lowest BCUT2D eigenvalue weighted by Crippen LogP contribution is -2.68. The van der Waals surface area contributed by atoms with Gasteiger partial charge in [0.15, 0.2) is 5.82 Å². The van der Waals surface area contributed by atoms with Crippen LogP contribution in [0, 0.1) is 0 Å². The molecule has 5 rings (SSSR count). The van der Waals surface area contributed by atoms with E-state index in [0.29, 0.717) is 39.3 Å². The Morgan fingerprint density at radius 2 is 1.92 bits per heavy atom. The Hall–Kier alpha value is -3.47. The van der Waals surface area contributed by atoms with E-state index in [1.807, 2.05) is 37.3 Å². The highest BCUT2D eigenvalue weighted by Crippen LogP contribution is 2.35. The number of H-pyrrole nitrogens is 1. The molecule has 1 aliphatic rings. The maximum Gasteiger partial charge on any atom is 0.236 e. The van der Waals surface area contributed by atoms with Crippen molar-refractivity contribution in [2.45, 2.75) is 25.5 Å². The van der Waals surface area contributed by atoms with Crippen LogP contribution in [0.5, 0.6) is 5.75 Å². The fourth-order valence-electron chi connectivity index (χ4n) is 4.47. The van der Waals surface area contributed by atoms with Gasteiger partial charge < -0.3 is 14.5 Å². The van der Waals surface area contributed by atoms with E-state index in [2.05, 4.69) is 42.5 Å². The molecular formula is C26H28Cl2N8O2. The summed E-state index contributed by atoms with van der Waals surface area (Å²) in [6, 6.07) is 9.51. The zero-order chi connectivity index (χ0) is 27.0. The molecule has 0 unspecified atom stereocenters. The number of fused-ring (bicyclic) bond motifs is 1. The molecule has 38 heavy (non-hydrogen) atoms. The average Bonchev–Trinajstić information content (AvgIpc) is 3.29. The number of hydrogen-bond acceptors (Lipinski definition) is 8. The molecule has 3 aromatic heterocycles. The van der Waals surface area contributed by atoms with Crippen LogP contribution in [-0.2, 0) is 4.79 Å². The van der Waals surface area contributed by atoms with Gasteiger partial charge in [0.05, 0.1) is 27.6 Å². The number of aromatic amines is 1. The van der Waals surface area contributed by atoms with Crippen molar-refractivity contribution in [1.29, 1.82) is 0 Å². The first-order valence-corrected chi connectivity index (χ1v) is 12.9. The summed E-state index contributed by atoms with van der Waals surface area (Å²) in [5.41, 5.74) is 2.70. The smallest absolute Gasteiger partial charge is 0.236 e. The topological polar surface area (TPSA) is 112 Å². The normalized spacial score (nSPS) is 15.3. The lowest BCUT2D eigenvalue weighted by molar-refractivity contribution is -0.128. The van der Waals surface area contributed by atoms with Crippen molar-refractivity contribution in [3.63, 3.8) is 0 Å². The number of likely N-dealkylation sites (N-methyl/N-ethyl adjacent to an activating group) is 1. The van der Waals surface area contributed by atoms with E-state index < -0.39 is 0 Å². The van der Waals surface area contributed by atoms with Gasteiger partial charge in [0.2, 0.25) is 5.91 Å². The summed E-state index contributed by atoms with van der Waals surface area (Å²) in [5.74, 6) is 1.46. The van der Waals surface area contributed by atoms with Crippen molar-refractivity contribution in [3.8, 4) is 17.1 Å². The van der Waals surface area contributed by atoms with Crippen molar-refractivity contribution in [2.75, 3.05) is 38.6 Å². The summed E-state index contributed by atoms with van der Waals surface area (Å²) in [6.07, 6.45) is 2.71. The van der Waals surface area contributed by atoms with Gasteiger partial charge in [-0.3, -0.25) is 20.2 Å². The molecule has 10 nitrogen and oxygen atoms in total. The van der Waals surface area contributed by atoms with Crippen LogP contribution in [0.2, 0.25) is 10.0 Å². The van der Waals surface area contributed by atoms with Gasteiger partial charge in [-0.2, -0.15) is 5.10 Å². The molecule has 0 radical (unpaired) electrons. The Kier molecular flexibility index (Phi) is 7.13. The first-order chi connectivity index (χ1) is 18.1. The molecule has 4 heterocycles. The van der Waals surface area contributed by atoms with Crippen LogP contribution >= 0.6 is 23.2 Å². The molecule has 0 saturated carbocycles. The number of benzene rings is 1. The molecule has 2 N–H and O–H groups in total. The van der Waals surface area contributed by atoms with E-state index >= 15 is 0 Å². The molecule has 1 fully saturated rings. The first-order valence-electron chi connectivity index (χ1n) is 12.1. The van der Waals surface area contributed by atoms with E-state index in [4.69, 9.17) is 27.9 Å². The number of halogens is 2. The first kappa shape index (κ1) is 26.1. The molecule has 1 atom stereocenters. The van der Waals surface area contributed by atoms with E-state index in [9.17, 15) is 4.79 Å². The second-order valence-electron chi connectivity index (χ2n) is 9.89. The second kappa shape index (κ2) is 10.4. The number of rotatable bonds is 8. The summed E-state index contributed by atoms with van der Waals surface area (Å²) in [4.78, 5) is 19.6. The minimum absolute atomic E-state index is 0.0491. The van der Waals surface area contributed by atoms with Crippen LogP contribution in [-0.4, -0.2) is 75.5 Å². The monoisotopic (exact) mass is 554 g/mol. The third-order valence-corrected chi connectivity index (χ3v) is 7.21. The molecule has 0 spiro atoms. The Morgan fingerprint density at radius 1 is 1.18 bits per heavy atom. The largest absolute Gasteiger partial charge is 0.486 e. The summed E-state index contributed by atoms with van der Waals surface area (Å²) in [6.45, 7) is 5.76. The standard InChI is InChI=1S/C26H28Cl2N8O2/c1-15(24-18(27)10-29-11-19(24)28)38-16-5-6-20-17(9-16)25(34-31-20)21-7-8-22(33-32-21)36-13-26(2,14-36)30-12-23(37)35(3)4/h5-11,15,30H,12-14H2,1-4H3,(H,31,34)/t15-/m1/s1. The number of hydrogen-bond donors (Lipinski definition) is 2. The van der Waals surface area contributed by atoms with Gasteiger partial charge >= 0.3 is 0 Å². The highest BCUT2D eigenvalue weighted by molar-refractivity contribution is 6.35. The molecule has 12 heteroatoms. The lowest BCUT2D eigenvalue weighted by Gasteiger charge is -2.49. The molecule has 0 bridgehead atoms.